The Kier molecular flexibility index (Phi) is 2.49. The van der Waals surface area contributed by atoms with Crippen LogP contribution in [-0.2, 0) is 6.54 Å². The Labute approximate surface area is 102 Å². The van der Waals surface area contributed by atoms with Crippen LogP contribution in [0, 0.1) is 0 Å². The van der Waals surface area contributed by atoms with E-state index in [4.69, 9.17) is 0 Å². The molecule has 1 N–H and O–H groups in total. The highest BCUT2D eigenvalue weighted by molar-refractivity contribution is 7.10. The van der Waals surface area contributed by atoms with Gasteiger partial charge in [-0.3, -0.25) is 4.68 Å². The highest BCUT2D eigenvalue weighted by Gasteiger charge is 2.09. The highest BCUT2D eigenvalue weighted by atomic mass is 32.1. The fourth-order valence-electron chi connectivity index (χ4n) is 1.80. The Hall–Kier alpha value is -1.95. The molecule has 0 radical (unpaired) electrons. The summed E-state index contributed by atoms with van der Waals surface area (Å²) in [6, 6.07) is 8.13. The van der Waals surface area contributed by atoms with Crippen molar-refractivity contribution in [3.05, 3.63) is 36.2 Å². The molecule has 0 saturated heterocycles. The number of para-hydroxylation sites is 1. The molecule has 6 heteroatoms. The molecular weight excluding hydrogens is 234 g/mol. The number of rotatable bonds is 3. The predicted octanol–water partition coefficient (Wildman–Crippen LogP) is 1.98. The van der Waals surface area contributed by atoms with E-state index in [2.05, 4.69) is 32.1 Å². The first-order valence-corrected chi connectivity index (χ1v) is 6.05. The average molecular weight is 245 g/mol. The predicted molar refractivity (Wildman–Crippen MR) is 68.3 cm³/mol. The first-order valence-electron chi connectivity index (χ1n) is 5.28. The molecule has 0 bridgehead atoms. The molecule has 0 amide bonds. The lowest BCUT2D eigenvalue weighted by Gasteiger charge is -2.02. The summed E-state index contributed by atoms with van der Waals surface area (Å²) in [5, 5.41) is 13.7. The van der Waals surface area contributed by atoms with Gasteiger partial charge in [0.2, 0.25) is 0 Å². The quantitative estimate of drug-likeness (QED) is 0.766. The van der Waals surface area contributed by atoms with Crippen molar-refractivity contribution in [1.82, 2.24) is 19.4 Å². The Morgan fingerprint density at radius 2 is 2.24 bits per heavy atom. The van der Waals surface area contributed by atoms with E-state index in [1.807, 2.05) is 30.1 Å². The monoisotopic (exact) mass is 245 g/mol. The number of nitrogens with zero attached hydrogens (tertiary/aromatic N) is 4. The molecule has 0 aliphatic rings. The summed E-state index contributed by atoms with van der Waals surface area (Å²) >= 11 is 1.36. The Balaban J connectivity index is 2.00. The average Bonchev–Trinajstić information content (AvgIpc) is 2.97. The van der Waals surface area contributed by atoms with Crippen LogP contribution < -0.4 is 5.32 Å². The van der Waals surface area contributed by atoms with Gasteiger partial charge in [-0.05, 0) is 6.07 Å². The van der Waals surface area contributed by atoms with Gasteiger partial charge in [0.05, 0.1) is 18.3 Å². The minimum absolute atomic E-state index is 0.639. The van der Waals surface area contributed by atoms with Gasteiger partial charge >= 0.3 is 0 Å². The molecule has 0 aliphatic carbocycles. The number of aromatic nitrogens is 4. The van der Waals surface area contributed by atoms with Gasteiger partial charge in [-0.25, -0.2) is 0 Å². The Bertz CT molecular complexity index is 642. The largest absolute Gasteiger partial charge is 0.377 e. The normalized spacial score (nSPS) is 10.9. The van der Waals surface area contributed by atoms with E-state index in [0.717, 1.165) is 21.6 Å². The molecule has 5 nitrogen and oxygen atoms in total. The van der Waals surface area contributed by atoms with Crippen molar-refractivity contribution in [2.75, 3.05) is 12.4 Å². The molecule has 2 aromatic heterocycles. The molecule has 0 saturated carbocycles. The highest BCUT2D eigenvalue weighted by Crippen LogP contribution is 2.20. The van der Waals surface area contributed by atoms with Crippen molar-refractivity contribution in [1.29, 1.82) is 0 Å². The molecule has 3 aromatic rings. The number of hydrogen-bond acceptors (Lipinski definition) is 5. The third-order valence-electron chi connectivity index (χ3n) is 2.63. The summed E-state index contributed by atoms with van der Waals surface area (Å²) in [4.78, 5) is 0. The molecular formula is C11H11N5S. The van der Waals surface area contributed by atoms with Crippen LogP contribution in [0.5, 0.6) is 0 Å². The van der Waals surface area contributed by atoms with E-state index in [1.54, 1.807) is 0 Å². The fourth-order valence-corrected chi connectivity index (χ4v) is 2.32. The van der Waals surface area contributed by atoms with Crippen molar-refractivity contribution in [2.45, 2.75) is 6.54 Å². The molecule has 1 aromatic carbocycles. The van der Waals surface area contributed by atoms with Crippen LogP contribution in [0.25, 0.3) is 10.9 Å². The van der Waals surface area contributed by atoms with E-state index in [1.165, 1.54) is 11.5 Å². The SMILES string of the molecule is CNc1snnc1Cn1ncc2ccccc21. The summed E-state index contributed by atoms with van der Waals surface area (Å²) in [5.41, 5.74) is 2.04. The standard InChI is InChI=1S/C11H11N5S/c1-12-11-9(14-15-17-11)7-16-10-5-3-2-4-8(10)6-13-16/h2-6,12H,7H2,1H3. The van der Waals surface area contributed by atoms with Gasteiger partial charge in [-0.2, -0.15) is 5.10 Å². The second kappa shape index (κ2) is 4.14. The lowest BCUT2D eigenvalue weighted by Crippen LogP contribution is -2.03. The van der Waals surface area contributed by atoms with Crippen molar-refractivity contribution < 1.29 is 0 Å². The van der Waals surface area contributed by atoms with Crippen LogP contribution in [0.15, 0.2) is 30.5 Å². The van der Waals surface area contributed by atoms with Gasteiger partial charge in [0.15, 0.2) is 0 Å². The van der Waals surface area contributed by atoms with Crippen LogP contribution in [-0.4, -0.2) is 26.4 Å². The van der Waals surface area contributed by atoms with Crippen LogP contribution in [0.2, 0.25) is 0 Å². The van der Waals surface area contributed by atoms with Gasteiger partial charge in [0, 0.05) is 24.0 Å². The van der Waals surface area contributed by atoms with Gasteiger partial charge in [-0.15, -0.1) is 5.10 Å². The van der Waals surface area contributed by atoms with Crippen LogP contribution in [0.3, 0.4) is 0 Å². The van der Waals surface area contributed by atoms with Crippen molar-refractivity contribution in [3.8, 4) is 0 Å². The maximum Gasteiger partial charge on any atom is 0.135 e. The molecule has 0 aliphatic heterocycles. The van der Waals surface area contributed by atoms with E-state index in [0.29, 0.717) is 6.54 Å². The van der Waals surface area contributed by atoms with Crippen LogP contribution in [0.4, 0.5) is 5.00 Å². The van der Waals surface area contributed by atoms with E-state index >= 15 is 0 Å². The van der Waals surface area contributed by atoms with E-state index in [-0.39, 0.29) is 0 Å². The van der Waals surface area contributed by atoms with Gasteiger partial charge < -0.3 is 5.32 Å². The minimum atomic E-state index is 0.639. The Morgan fingerprint density at radius 3 is 3.12 bits per heavy atom. The summed E-state index contributed by atoms with van der Waals surface area (Å²) in [7, 11) is 1.87. The topological polar surface area (TPSA) is 55.6 Å². The molecule has 0 spiro atoms. The first kappa shape index (κ1) is 10.2. The smallest absolute Gasteiger partial charge is 0.135 e. The van der Waals surface area contributed by atoms with Crippen LogP contribution >= 0.6 is 11.5 Å². The zero-order chi connectivity index (χ0) is 11.7. The molecule has 17 heavy (non-hydrogen) atoms. The number of anilines is 1. The van der Waals surface area contributed by atoms with Crippen molar-refractivity contribution >= 4 is 27.4 Å². The summed E-state index contributed by atoms with van der Waals surface area (Å²) in [6.07, 6.45) is 1.87. The minimum Gasteiger partial charge on any atom is -0.377 e. The third-order valence-corrected chi connectivity index (χ3v) is 3.42. The second-order valence-electron chi connectivity index (χ2n) is 3.66. The van der Waals surface area contributed by atoms with E-state index < -0.39 is 0 Å². The lowest BCUT2D eigenvalue weighted by molar-refractivity contribution is 0.695. The number of nitrogens with one attached hydrogen (secondary N) is 1. The third kappa shape index (κ3) is 1.76. The summed E-state index contributed by atoms with van der Waals surface area (Å²) < 4.78 is 5.88. The number of fused-ring (bicyclic) bond motifs is 1. The first-order chi connectivity index (χ1) is 8.38. The number of benzene rings is 1. The molecule has 3 rings (SSSR count). The summed E-state index contributed by atoms with van der Waals surface area (Å²) in [5.74, 6) is 0. The molecule has 0 atom stereocenters. The number of hydrogen-bond donors (Lipinski definition) is 1. The van der Waals surface area contributed by atoms with Gasteiger partial charge in [-0.1, -0.05) is 22.7 Å². The zero-order valence-corrected chi connectivity index (χ0v) is 10.1. The Morgan fingerprint density at radius 1 is 1.35 bits per heavy atom. The van der Waals surface area contributed by atoms with Crippen molar-refractivity contribution in [3.63, 3.8) is 0 Å². The molecule has 0 fully saturated rings. The summed E-state index contributed by atoms with van der Waals surface area (Å²) in [6.45, 7) is 0.639. The molecule has 86 valence electrons. The zero-order valence-electron chi connectivity index (χ0n) is 9.29. The van der Waals surface area contributed by atoms with Crippen LogP contribution in [0.1, 0.15) is 5.69 Å². The molecule has 2 heterocycles. The maximum atomic E-state index is 4.37. The fraction of sp³-hybridized carbons (Fsp3) is 0.182. The second-order valence-corrected chi connectivity index (χ2v) is 4.41. The van der Waals surface area contributed by atoms with Gasteiger partial charge in [0.1, 0.15) is 10.7 Å². The molecule has 0 unspecified atom stereocenters. The van der Waals surface area contributed by atoms with Gasteiger partial charge in [0.25, 0.3) is 0 Å². The maximum absolute atomic E-state index is 4.37. The lowest BCUT2D eigenvalue weighted by atomic mass is 10.2. The van der Waals surface area contributed by atoms with Crippen molar-refractivity contribution in [2.24, 2.45) is 0 Å². The van der Waals surface area contributed by atoms with E-state index in [9.17, 15) is 0 Å².